The van der Waals surface area contributed by atoms with Crippen molar-refractivity contribution in [1.82, 2.24) is 20.3 Å². The van der Waals surface area contributed by atoms with Gasteiger partial charge in [-0.1, -0.05) is 37.1 Å². The van der Waals surface area contributed by atoms with Crippen LogP contribution in [-0.4, -0.2) is 47.2 Å². The van der Waals surface area contributed by atoms with Gasteiger partial charge in [-0.25, -0.2) is 27.8 Å². The van der Waals surface area contributed by atoms with Crippen molar-refractivity contribution in [2.24, 2.45) is 0 Å². The summed E-state index contributed by atoms with van der Waals surface area (Å²) in [5, 5.41) is 7.84. The number of anilines is 2. The Balaban J connectivity index is 1.36. The second kappa shape index (κ2) is 11.4. The minimum absolute atomic E-state index is 0.0648. The zero-order chi connectivity index (χ0) is 29.3. The SMILES string of the molecule is Cc1c(F)c(NS(=O)(=O)C2(C)CCCC2)c2ccccc2c1Oc1nccnc1-c1ccnc(NC2CCCNC2)c1. The van der Waals surface area contributed by atoms with Crippen LogP contribution in [0, 0.1) is 12.7 Å². The third kappa shape index (κ3) is 5.38. The molecule has 2 aromatic carbocycles. The van der Waals surface area contributed by atoms with Crippen LogP contribution in [0.15, 0.2) is 55.0 Å². The molecule has 11 heteroatoms. The average Bonchev–Trinajstić information content (AvgIpc) is 3.47. The molecular formula is C31H35FN6O3S. The fourth-order valence-electron chi connectivity index (χ4n) is 5.92. The Labute approximate surface area is 245 Å². The number of aromatic nitrogens is 3. The van der Waals surface area contributed by atoms with Gasteiger partial charge in [0.15, 0.2) is 5.82 Å². The number of sulfonamides is 1. The molecule has 0 bridgehead atoms. The van der Waals surface area contributed by atoms with Crippen molar-refractivity contribution in [3.8, 4) is 22.9 Å². The fraction of sp³-hybridized carbons (Fsp3) is 0.387. The Kier molecular flexibility index (Phi) is 7.71. The van der Waals surface area contributed by atoms with Crippen LogP contribution in [0.4, 0.5) is 15.9 Å². The van der Waals surface area contributed by atoms with Gasteiger partial charge in [-0.3, -0.25) is 4.72 Å². The largest absolute Gasteiger partial charge is 0.436 e. The van der Waals surface area contributed by atoms with Crippen LogP contribution in [0.5, 0.6) is 11.6 Å². The summed E-state index contributed by atoms with van der Waals surface area (Å²) in [5.74, 6) is 0.489. The molecule has 1 unspecified atom stereocenters. The molecule has 220 valence electrons. The van der Waals surface area contributed by atoms with Gasteiger partial charge in [0.2, 0.25) is 15.9 Å². The number of hydrogen-bond donors (Lipinski definition) is 3. The van der Waals surface area contributed by atoms with Gasteiger partial charge in [-0.15, -0.1) is 0 Å². The molecule has 0 radical (unpaired) electrons. The monoisotopic (exact) mass is 590 g/mol. The molecule has 4 aromatic rings. The standard InChI is InChI=1S/C31H35FN6O3S/c1-20-26(32)28(38-42(39,40)31(2)12-5-6-13-31)23-9-3-4-10-24(23)29(20)41-30-27(35-16-17-36-30)21-11-15-34-25(18-21)37-22-8-7-14-33-19-22/h3-4,9-11,15-18,22,33,38H,5-8,12-14,19H2,1-2H3,(H,34,37). The van der Waals surface area contributed by atoms with Gasteiger partial charge in [-0.2, -0.15) is 0 Å². The molecule has 1 aliphatic carbocycles. The Hall–Kier alpha value is -3.83. The van der Waals surface area contributed by atoms with Crippen molar-refractivity contribution >= 4 is 32.3 Å². The van der Waals surface area contributed by atoms with Gasteiger partial charge in [-0.05, 0) is 58.2 Å². The Morgan fingerprint density at radius 3 is 2.55 bits per heavy atom. The van der Waals surface area contributed by atoms with E-state index in [1.54, 1.807) is 44.4 Å². The van der Waals surface area contributed by atoms with Gasteiger partial charge in [0, 0.05) is 53.1 Å². The molecule has 2 aliphatic rings. The number of fused-ring (bicyclic) bond motifs is 1. The van der Waals surface area contributed by atoms with E-state index < -0.39 is 20.6 Å². The molecule has 0 amide bonds. The van der Waals surface area contributed by atoms with E-state index in [0.29, 0.717) is 29.3 Å². The molecule has 1 saturated heterocycles. The molecule has 3 N–H and O–H groups in total. The van der Waals surface area contributed by atoms with Crippen molar-refractivity contribution < 1.29 is 17.5 Å². The number of benzene rings is 2. The summed E-state index contributed by atoms with van der Waals surface area (Å²) in [7, 11) is -3.84. The smallest absolute Gasteiger partial charge is 0.246 e. The van der Waals surface area contributed by atoms with Gasteiger partial charge in [0.1, 0.15) is 17.3 Å². The highest BCUT2D eigenvalue weighted by molar-refractivity contribution is 7.94. The number of ether oxygens (including phenoxy) is 1. The molecule has 6 rings (SSSR count). The molecule has 1 saturated carbocycles. The second-order valence-electron chi connectivity index (χ2n) is 11.4. The Morgan fingerprint density at radius 1 is 1.02 bits per heavy atom. The summed E-state index contributed by atoms with van der Waals surface area (Å²) in [6.07, 6.45) is 9.71. The van der Waals surface area contributed by atoms with E-state index in [0.717, 1.165) is 50.2 Å². The number of rotatable bonds is 8. The molecule has 1 atom stereocenters. The highest BCUT2D eigenvalue weighted by Crippen LogP contribution is 2.44. The summed E-state index contributed by atoms with van der Waals surface area (Å²) in [6.45, 7) is 5.20. The summed E-state index contributed by atoms with van der Waals surface area (Å²) in [6, 6.07) is 11.0. The van der Waals surface area contributed by atoms with E-state index in [1.807, 2.05) is 18.2 Å². The maximum atomic E-state index is 16.1. The van der Waals surface area contributed by atoms with Crippen molar-refractivity contribution in [3.63, 3.8) is 0 Å². The van der Waals surface area contributed by atoms with Crippen molar-refractivity contribution in [2.75, 3.05) is 23.1 Å². The minimum Gasteiger partial charge on any atom is -0.436 e. The van der Waals surface area contributed by atoms with Crippen LogP contribution in [0.2, 0.25) is 0 Å². The maximum absolute atomic E-state index is 16.1. The van der Waals surface area contributed by atoms with E-state index in [2.05, 4.69) is 30.3 Å². The topological polar surface area (TPSA) is 118 Å². The number of nitrogens with zero attached hydrogens (tertiary/aromatic N) is 3. The summed E-state index contributed by atoms with van der Waals surface area (Å²) in [5.41, 5.74) is 1.33. The van der Waals surface area contributed by atoms with Crippen LogP contribution < -0.4 is 20.1 Å². The summed E-state index contributed by atoms with van der Waals surface area (Å²) >= 11 is 0. The van der Waals surface area contributed by atoms with Crippen molar-refractivity contribution in [1.29, 1.82) is 0 Å². The lowest BCUT2D eigenvalue weighted by molar-refractivity contribution is 0.458. The molecular weight excluding hydrogens is 555 g/mol. The third-order valence-electron chi connectivity index (χ3n) is 8.42. The number of pyridine rings is 1. The van der Waals surface area contributed by atoms with Crippen LogP contribution >= 0.6 is 0 Å². The Bertz CT molecular complexity index is 1720. The zero-order valence-electron chi connectivity index (χ0n) is 23.8. The molecule has 9 nitrogen and oxygen atoms in total. The lowest BCUT2D eigenvalue weighted by Gasteiger charge is -2.26. The maximum Gasteiger partial charge on any atom is 0.246 e. The molecule has 2 fully saturated rings. The summed E-state index contributed by atoms with van der Waals surface area (Å²) < 4.78 is 50.9. The first-order valence-electron chi connectivity index (χ1n) is 14.4. The number of piperidine rings is 1. The predicted octanol–water partition coefficient (Wildman–Crippen LogP) is 6.17. The highest BCUT2D eigenvalue weighted by atomic mass is 32.2. The van der Waals surface area contributed by atoms with Crippen molar-refractivity contribution in [2.45, 2.75) is 63.2 Å². The van der Waals surface area contributed by atoms with Gasteiger partial charge < -0.3 is 15.4 Å². The van der Waals surface area contributed by atoms with E-state index >= 15 is 4.39 Å². The minimum atomic E-state index is -3.84. The van der Waals surface area contributed by atoms with Gasteiger partial charge in [0.25, 0.3) is 0 Å². The highest BCUT2D eigenvalue weighted by Gasteiger charge is 2.42. The normalized spacial score (nSPS) is 18.6. The lowest BCUT2D eigenvalue weighted by atomic mass is 10.0. The van der Waals surface area contributed by atoms with E-state index in [1.165, 1.54) is 6.20 Å². The molecule has 3 heterocycles. The quantitative estimate of drug-likeness (QED) is 0.223. The first kappa shape index (κ1) is 28.3. The lowest BCUT2D eigenvalue weighted by Crippen LogP contribution is -2.38. The van der Waals surface area contributed by atoms with Crippen LogP contribution in [0.25, 0.3) is 22.0 Å². The number of nitrogens with one attached hydrogen (secondary N) is 3. The number of hydrogen-bond acceptors (Lipinski definition) is 8. The van der Waals surface area contributed by atoms with Crippen LogP contribution in [0.3, 0.4) is 0 Å². The van der Waals surface area contributed by atoms with Gasteiger partial charge >= 0.3 is 0 Å². The van der Waals surface area contributed by atoms with Gasteiger partial charge in [0.05, 0.1) is 10.4 Å². The van der Waals surface area contributed by atoms with E-state index in [-0.39, 0.29) is 28.9 Å². The molecule has 42 heavy (non-hydrogen) atoms. The average molecular weight is 591 g/mol. The second-order valence-corrected chi connectivity index (χ2v) is 13.6. The zero-order valence-corrected chi connectivity index (χ0v) is 24.6. The first-order valence-corrected chi connectivity index (χ1v) is 15.9. The predicted molar refractivity (Wildman–Crippen MR) is 163 cm³/mol. The molecule has 1 aliphatic heterocycles. The molecule has 2 aromatic heterocycles. The fourth-order valence-corrected chi connectivity index (χ4v) is 7.46. The van der Waals surface area contributed by atoms with E-state index in [9.17, 15) is 8.42 Å². The summed E-state index contributed by atoms with van der Waals surface area (Å²) in [4.78, 5) is 13.5. The van der Waals surface area contributed by atoms with Crippen molar-refractivity contribution in [3.05, 3.63) is 66.4 Å². The first-order chi connectivity index (χ1) is 20.3. The van der Waals surface area contributed by atoms with Crippen LogP contribution in [0.1, 0.15) is 51.0 Å². The molecule has 0 spiro atoms. The third-order valence-corrected chi connectivity index (χ3v) is 10.6. The van der Waals surface area contributed by atoms with E-state index in [4.69, 9.17) is 4.74 Å². The van der Waals surface area contributed by atoms with Crippen LogP contribution in [-0.2, 0) is 10.0 Å². The number of halogens is 1. The Morgan fingerprint density at radius 2 is 1.79 bits per heavy atom.